The quantitative estimate of drug-likeness (QED) is 0.555. The molecular formula is C15H22ClN. The molecule has 0 saturated heterocycles. The fourth-order valence-electron chi connectivity index (χ4n) is 2.85. The summed E-state index contributed by atoms with van der Waals surface area (Å²) in [7, 11) is 0. The van der Waals surface area contributed by atoms with Crippen LogP contribution in [0.3, 0.4) is 0 Å². The summed E-state index contributed by atoms with van der Waals surface area (Å²) in [5, 5.41) is 0. The van der Waals surface area contributed by atoms with E-state index in [0.29, 0.717) is 6.04 Å². The van der Waals surface area contributed by atoms with Crippen molar-refractivity contribution in [3.63, 3.8) is 0 Å². The van der Waals surface area contributed by atoms with Crippen LogP contribution in [0.15, 0.2) is 24.3 Å². The average Bonchev–Trinajstić information content (AvgIpc) is 2.30. The molecule has 0 aromatic heterocycles. The molecule has 2 rings (SSSR count). The lowest BCUT2D eigenvalue weighted by Gasteiger charge is -2.38. The van der Waals surface area contributed by atoms with Crippen molar-refractivity contribution in [2.24, 2.45) is 0 Å². The van der Waals surface area contributed by atoms with E-state index in [1.165, 1.54) is 43.4 Å². The first kappa shape index (κ1) is 12.8. The zero-order valence-corrected chi connectivity index (χ0v) is 11.6. The zero-order valence-electron chi connectivity index (χ0n) is 10.8. The van der Waals surface area contributed by atoms with Gasteiger partial charge in [-0.15, -0.1) is 0 Å². The molecule has 1 nitrogen and oxygen atoms in total. The number of hydrogen-bond donors (Lipinski definition) is 0. The number of nitrogens with zero attached hydrogens (tertiary/aromatic N) is 1. The van der Waals surface area contributed by atoms with E-state index in [2.05, 4.69) is 43.0 Å². The molecule has 1 aliphatic rings. The highest BCUT2D eigenvalue weighted by molar-refractivity contribution is 6.21. The van der Waals surface area contributed by atoms with Gasteiger partial charge in [-0.1, -0.05) is 43.0 Å². The highest BCUT2D eigenvalue weighted by Gasteiger charge is 2.24. The van der Waals surface area contributed by atoms with E-state index in [0.717, 1.165) is 0 Å². The van der Waals surface area contributed by atoms with Gasteiger partial charge in [-0.05, 0) is 44.4 Å². The zero-order chi connectivity index (χ0) is 12.3. The number of benzene rings is 1. The van der Waals surface area contributed by atoms with Crippen molar-refractivity contribution in [3.05, 3.63) is 29.8 Å². The lowest BCUT2D eigenvalue weighted by molar-refractivity contribution is 0.412. The summed E-state index contributed by atoms with van der Waals surface area (Å²) in [5.41, 5.74) is 2.65. The third kappa shape index (κ3) is 3.16. The van der Waals surface area contributed by atoms with E-state index in [1.54, 1.807) is 0 Å². The van der Waals surface area contributed by atoms with E-state index in [1.807, 2.05) is 0 Å². The van der Waals surface area contributed by atoms with E-state index in [-0.39, 0.29) is 5.50 Å². The van der Waals surface area contributed by atoms with Crippen molar-refractivity contribution < 1.29 is 0 Å². The number of hydrogen-bond acceptors (Lipinski definition) is 1. The van der Waals surface area contributed by atoms with Gasteiger partial charge in [0.15, 0.2) is 0 Å². The van der Waals surface area contributed by atoms with Crippen molar-refractivity contribution in [3.8, 4) is 0 Å². The predicted octanol–water partition coefficient (Wildman–Crippen LogP) is 4.72. The summed E-state index contributed by atoms with van der Waals surface area (Å²) in [4.78, 5) is 2.40. The Morgan fingerprint density at radius 2 is 1.94 bits per heavy atom. The maximum absolute atomic E-state index is 6.39. The van der Waals surface area contributed by atoms with Crippen molar-refractivity contribution in [2.75, 3.05) is 4.90 Å². The van der Waals surface area contributed by atoms with Gasteiger partial charge in [0.2, 0.25) is 0 Å². The monoisotopic (exact) mass is 251 g/mol. The van der Waals surface area contributed by atoms with Gasteiger partial charge in [-0.25, -0.2) is 0 Å². The third-order valence-electron chi connectivity index (χ3n) is 3.65. The first-order chi connectivity index (χ1) is 8.18. The number of alkyl halides is 1. The Morgan fingerprint density at radius 3 is 2.53 bits per heavy atom. The van der Waals surface area contributed by atoms with Crippen molar-refractivity contribution in [2.45, 2.75) is 57.5 Å². The van der Waals surface area contributed by atoms with E-state index < -0.39 is 0 Å². The fourth-order valence-corrected chi connectivity index (χ4v) is 3.13. The fraction of sp³-hybridized carbons (Fsp3) is 0.600. The van der Waals surface area contributed by atoms with E-state index >= 15 is 0 Å². The molecule has 1 atom stereocenters. The summed E-state index contributed by atoms with van der Waals surface area (Å²) < 4.78 is 0. The molecule has 2 heteroatoms. The van der Waals surface area contributed by atoms with Crippen LogP contribution in [0, 0.1) is 6.92 Å². The van der Waals surface area contributed by atoms with Gasteiger partial charge in [0.25, 0.3) is 0 Å². The Hall–Kier alpha value is -0.690. The number of halogens is 1. The number of aryl methyl sites for hydroxylation is 1. The minimum atomic E-state index is 0.0694. The van der Waals surface area contributed by atoms with Gasteiger partial charge in [0.1, 0.15) is 5.50 Å². The largest absolute Gasteiger partial charge is 0.352 e. The second kappa shape index (κ2) is 5.77. The first-order valence-electron chi connectivity index (χ1n) is 6.67. The Labute approximate surface area is 110 Å². The molecule has 1 aromatic rings. The molecule has 1 saturated carbocycles. The van der Waals surface area contributed by atoms with Gasteiger partial charge in [0.05, 0.1) is 0 Å². The van der Waals surface area contributed by atoms with Gasteiger partial charge < -0.3 is 4.90 Å². The summed E-state index contributed by atoms with van der Waals surface area (Å²) in [6.07, 6.45) is 6.64. The summed E-state index contributed by atoms with van der Waals surface area (Å²) in [6, 6.07) is 9.31. The van der Waals surface area contributed by atoms with Crippen LogP contribution in [0.2, 0.25) is 0 Å². The van der Waals surface area contributed by atoms with Crippen molar-refractivity contribution >= 4 is 17.3 Å². The van der Waals surface area contributed by atoms with Crippen LogP contribution in [0.25, 0.3) is 0 Å². The minimum absolute atomic E-state index is 0.0694. The van der Waals surface area contributed by atoms with Crippen LogP contribution in [0.5, 0.6) is 0 Å². The summed E-state index contributed by atoms with van der Waals surface area (Å²) in [5.74, 6) is 0. The van der Waals surface area contributed by atoms with Crippen LogP contribution < -0.4 is 4.90 Å². The molecule has 0 aliphatic heterocycles. The van der Waals surface area contributed by atoms with Gasteiger partial charge in [-0.3, -0.25) is 0 Å². The highest BCUT2D eigenvalue weighted by Crippen LogP contribution is 2.30. The number of anilines is 1. The third-order valence-corrected chi connectivity index (χ3v) is 3.86. The smallest absolute Gasteiger partial charge is 0.101 e. The molecule has 1 unspecified atom stereocenters. The number of rotatable bonds is 3. The SMILES string of the molecule is Cc1cccc(N(C(C)Cl)C2CCCCC2)c1. The molecule has 1 aliphatic carbocycles. The van der Waals surface area contributed by atoms with Gasteiger partial charge in [0, 0.05) is 11.7 Å². The Kier molecular flexibility index (Phi) is 4.33. The van der Waals surface area contributed by atoms with Crippen LogP contribution in [-0.2, 0) is 0 Å². The maximum atomic E-state index is 6.39. The highest BCUT2D eigenvalue weighted by atomic mass is 35.5. The Bertz CT molecular complexity index is 356. The molecule has 1 aromatic carbocycles. The Balaban J connectivity index is 2.21. The van der Waals surface area contributed by atoms with Gasteiger partial charge >= 0.3 is 0 Å². The Morgan fingerprint density at radius 1 is 1.24 bits per heavy atom. The molecule has 0 amide bonds. The molecule has 0 spiro atoms. The molecule has 0 radical (unpaired) electrons. The van der Waals surface area contributed by atoms with Crippen molar-refractivity contribution in [1.82, 2.24) is 0 Å². The first-order valence-corrected chi connectivity index (χ1v) is 7.11. The maximum Gasteiger partial charge on any atom is 0.101 e. The van der Waals surface area contributed by atoms with Gasteiger partial charge in [-0.2, -0.15) is 0 Å². The lowest BCUT2D eigenvalue weighted by Crippen LogP contribution is -2.40. The van der Waals surface area contributed by atoms with E-state index in [4.69, 9.17) is 11.6 Å². The molecule has 0 bridgehead atoms. The second-order valence-corrected chi connectivity index (χ2v) is 5.74. The summed E-state index contributed by atoms with van der Waals surface area (Å²) in [6.45, 7) is 4.22. The molecule has 1 fully saturated rings. The van der Waals surface area contributed by atoms with Crippen LogP contribution in [0.1, 0.15) is 44.6 Å². The summed E-state index contributed by atoms with van der Waals surface area (Å²) >= 11 is 6.39. The molecule has 0 heterocycles. The predicted molar refractivity (Wildman–Crippen MR) is 75.8 cm³/mol. The average molecular weight is 252 g/mol. The molecule has 17 heavy (non-hydrogen) atoms. The van der Waals surface area contributed by atoms with Crippen LogP contribution in [-0.4, -0.2) is 11.5 Å². The molecular weight excluding hydrogens is 230 g/mol. The van der Waals surface area contributed by atoms with Crippen LogP contribution in [0.4, 0.5) is 5.69 Å². The standard InChI is InChI=1S/C15H22ClN/c1-12-7-6-10-15(11-12)17(13(2)16)14-8-4-3-5-9-14/h6-7,10-11,13-14H,3-5,8-9H2,1-2H3. The van der Waals surface area contributed by atoms with Crippen LogP contribution >= 0.6 is 11.6 Å². The second-order valence-electron chi connectivity index (χ2n) is 5.11. The van der Waals surface area contributed by atoms with E-state index in [9.17, 15) is 0 Å². The molecule has 0 N–H and O–H groups in total. The molecule has 94 valence electrons. The normalized spacial score (nSPS) is 19.0. The topological polar surface area (TPSA) is 3.24 Å². The lowest BCUT2D eigenvalue weighted by atomic mass is 9.93. The minimum Gasteiger partial charge on any atom is -0.352 e. The van der Waals surface area contributed by atoms with Crippen molar-refractivity contribution in [1.29, 1.82) is 0 Å².